The minimum atomic E-state index is -3.99. The summed E-state index contributed by atoms with van der Waals surface area (Å²) >= 11 is 0. The van der Waals surface area contributed by atoms with E-state index < -0.39 is 38.7 Å². The van der Waals surface area contributed by atoms with Crippen molar-refractivity contribution >= 4 is 16.0 Å². The van der Waals surface area contributed by atoms with Crippen LogP contribution in [-0.2, 0) is 14.8 Å². The number of sulfonamides is 1. The Balaban J connectivity index is 2.14. The molecule has 102 valence electrons. The number of hydrogen-bond donors (Lipinski definition) is 2. The summed E-state index contributed by atoms with van der Waals surface area (Å²) in [5.41, 5.74) is 0. The minimum Gasteiger partial charge on any atom is -0.481 e. The van der Waals surface area contributed by atoms with Crippen molar-refractivity contribution in [2.24, 2.45) is 5.92 Å². The number of aliphatic carboxylic acids is 1. The standard InChI is InChI=1S/C12H12FNO4S/c13-10-3-1-2-4-11(10)19(17,18)14-9-6-5-8(7-9)12(15)16/h1-6,8-9,14H,7H2,(H,15,16). The van der Waals surface area contributed by atoms with Gasteiger partial charge in [-0.2, -0.15) is 0 Å². The van der Waals surface area contributed by atoms with Gasteiger partial charge >= 0.3 is 5.97 Å². The molecule has 1 aliphatic carbocycles. The summed E-state index contributed by atoms with van der Waals surface area (Å²) in [7, 11) is -3.99. The van der Waals surface area contributed by atoms with Crippen LogP contribution in [0.4, 0.5) is 4.39 Å². The molecule has 0 spiro atoms. The summed E-state index contributed by atoms with van der Waals surface area (Å²) in [5.74, 6) is -2.57. The molecule has 2 N–H and O–H groups in total. The number of benzene rings is 1. The Kier molecular flexibility index (Phi) is 3.68. The second kappa shape index (κ2) is 5.10. The summed E-state index contributed by atoms with van der Waals surface area (Å²) in [5, 5.41) is 8.80. The van der Waals surface area contributed by atoms with Crippen molar-refractivity contribution in [3.05, 3.63) is 42.2 Å². The Morgan fingerprint density at radius 2 is 2.00 bits per heavy atom. The molecule has 0 bridgehead atoms. The first-order chi connectivity index (χ1) is 8.90. The van der Waals surface area contributed by atoms with E-state index in [2.05, 4.69) is 4.72 Å². The molecule has 1 aromatic carbocycles. The van der Waals surface area contributed by atoms with E-state index in [-0.39, 0.29) is 6.42 Å². The molecule has 0 aromatic heterocycles. The van der Waals surface area contributed by atoms with Gasteiger partial charge in [-0.3, -0.25) is 4.79 Å². The Hall–Kier alpha value is -1.73. The number of hydrogen-bond acceptors (Lipinski definition) is 3. The fourth-order valence-corrected chi connectivity index (χ4v) is 3.18. The van der Waals surface area contributed by atoms with Gasteiger partial charge in [-0.1, -0.05) is 24.3 Å². The lowest BCUT2D eigenvalue weighted by atomic mass is 10.1. The summed E-state index contributed by atoms with van der Waals surface area (Å²) in [4.78, 5) is 10.3. The van der Waals surface area contributed by atoms with Crippen molar-refractivity contribution in [1.29, 1.82) is 0 Å². The van der Waals surface area contributed by atoms with Gasteiger partial charge in [-0.25, -0.2) is 17.5 Å². The third kappa shape index (κ3) is 2.99. The smallest absolute Gasteiger partial charge is 0.310 e. The molecule has 1 aliphatic rings. The Morgan fingerprint density at radius 3 is 2.58 bits per heavy atom. The van der Waals surface area contributed by atoms with E-state index in [0.717, 1.165) is 12.1 Å². The highest BCUT2D eigenvalue weighted by Gasteiger charge is 2.29. The average molecular weight is 285 g/mol. The maximum Gasteiger partial charge on any atom is 0.310 e. The number of carboxylic acids is 1. The van der Waals surface area contributed by atoms with Crippen LogP contribution in [0, 0.1) is 11.7 Å². The highest BCUT2D eigenvalue weighted by Crippen LogP contribution is 2.21. The molecule has 2 rings (SSSR count). The van der Waals surface area contributed by atoms with Gasteiger partial charge in [0.15, 0.2) is 0 Å². The van der Waals surface area contributed by atoms with E-state index in [1.807, 2.05) is 0 Å². The predicted octanol–water partition coefficient (Wildman–Crippen LogP) is 1.13. The van der Waals surface area contributed by atoms with Gasteiger partial charge in [0.05, 0.1) is 5.92 Å². The normalized spacial score (nSPS) is 22.6. The molecule has 0 amide bonds. The highest BCUT2D eigenvalue weighted by atomic mass is 32.2. The van der Waals surface area contributed by atoms with Crippen LogP contribution in [0.2, 0.25) is 0 Å². The van der Waals surface area contributed by atoms with Gasteiger partial charge in [0, 0.05) is 6.04 Å². The lowest BCUT2D eigenvalue weighted by Gasteiger charge is -2.13. The second-order valence-electron chi connectivity index (χ2n) is 4.22. The Labute approximate surface area is 109 Å². The zero-order valence-corrected chi connectivity index (χ0v) is 10.6. The summed E-state index contributed by atoms with van der Waals surface area (Å²) in [6.45, 7) is 0. The van der Waals surface area contributed by atoms with Crippen LogP contribution in [0.25, 0.3) is 0 Å². The fourth-order valence-electron chi connectivity index (χ4n) is 1.89. The highest BCUT2D eigenvalue weighted by molar-refractivity contribution is 7.89. The summed E-state index contributed by atoms with van der Waals surface area (Å²) in [6, 6.07) is 4.39. The lowest BCUT2D eigenvalue weighted by molar-refractivity contribution is -0.140. The van der Waals surface area contributed by atoms with Gasteiger partial charge in [0.25, 0.3) is 0 Å². The van der Waals surface area contributed by atoms with Crippen LogP contribution in [-0.4, -0.2) is 25.5 Å². The van der Waals surface area contributed by atoms with Gasteiger partial charge in [0.1, 0.15) is 10.7 Å². The van der Waals surface area contributed by atoms with E-state index in [4.69, 9.17) is 5.11 Å². The van der Waals surface area contributed by atoms with Gasteiger partial charge < -0.3 is 5.11 Å². The van der Waals surface area contributed by atoms with Crippen molar-refractivity contribution in [2.45, 2.75) is 17.4 Å². The maximum atomic E-state index is 13.4. The minimum absolute atomic E-state index is 0.128. The van der Waals surface area contributed by atoms with E-state index in [1.54, 1.807) is 0 Å². The SMILES string of the molecule is O=C(O)C1C=CC(NS(=O)(=O)c2ccccc2F)C1. The second-order valence-corrected chi connectivity index (χ2v) is 5.91. The molecular weight excluding hydrogens is 273 g/mol. The molecule has 0 saturated carbocycles. The van der Waals surface area contributed by atoms with Crippen molar-refractivity contribution in [3.8, 4) is 0 Å². The predicted molar refractivity (Wildman–Crippen MR) is 65.4 cm³/mol. The van der Waals surface area contributed by atoms with Gasteiger partial charge in [-0.15, -0.1) is 0 Å². The average Bonchev–Trinajstić information content (AvgIpc) is 2.77. The molecule has 1 aromatic rings. The zero-order chi connectivity index (χ0) is 14.0. The Bertz CT molecular complexity index is 626. The molecular formula is C12H12FNO4S. The van der Waals surface area contributed by atoms with Crippen LogP contribution in [0.3, 0.4) is 0 Å². The summed E-state index contributed by atoms with van der Waals surface area (Å²) < 4.78 is 39.6. The molecule has 0 aliphatic heterocycles. The molecule has 0 radical (unpaired) electrons. The molecule has 2 unspecified atom stereocenters. The van der Waals surface area contributed by atoms with Crippen molar-refractivity contribution in [2.75, 3.05) is 0 Å². The van der Waals surface area contributed by atoms with Crippen molar-refractivity contribution in [1.82, 2.24) is 4.72 Å². The lowest BCUT2D eigenvalue weighted by Crippen LogP contribution is -2.33. The molecule has 2 atom stereocenters. The molecule has 5 nitrogen and oxygen atoms in total. The number of carbonyl (C=O) groups is 1. The summed E-state index contributed by atoms with van der Waals surface area (Å²) in [6.07, 6.45) is 3.02. The van der Waals surface area contributed by atoms with E-state index in [1.165, 1.54) is 24.3 Å². The quantitative estimate of drug-likeness (QED) is 0.812. The van der Waals surface area contributed by atoms with Crippen LogP contribution in [0.5, 0.6) is 0 Å². The van der Waals surface area contributed by atoms with E-state index in [0.29, 0.717) is 0 Å². The van der Waals surface area contributed by atoms with Crippen molar-refractivity contribution < 1.29 is 22.7 Å². The first-order valence-electron chi connectivity index (χ1n) is 5.58. The monoisotopic (exact) mass is 285 g/mol. The molecule has 0 fully saturated rings. The Morgan fingerprint density at radius 1 is 1.32 bits per heavy atom. The molecule has 0 saturated heterocycles. The topological polar surface area (TPSA) is 83.5 Å². The zero-order valence-electron chi connectivity index (χ0n) is 9.78. The first-order valence-corrected chi connectivity index (χ1v) is 7.06. The molecule has 19 heavy (non-hydrogen) atoms. The molecule has 0 heterocycles. The van der Waals surface area contributed by atoms with Crippen LogP contribution < -0.4 is 4.72 Å². The number of halogens is 1. The molecule has 7 heteroatoms. The largest absolute Gasteiger partial charge is 0.481 e. The first kappa shape index (κ1) is 13.7. The number of rotatable bonds is 4. The van der Waals surface area contributed by atoms with Crippen molar-refractivity contribution in [3.63, 3.8) is 0 Å². The maximum absolute atomic E-state index is 13.4. The number of nitrogens with one attached hydrogen (secondary N) is 1. The van der Waals surface area contributed by atoms with Gasteiger partial charge in [0.2, 0.25) is 10.0 Å². The van der Waals surface area contributed by atoms with Gasteiger partial charge in [-0.05, 0) is 18.6 Å². The van der Waals surface area contributed by atoms with Crippen LogP contribution >= 0.6 is 0 Å². The fraction of sp³-hybridized carbons (Fsp3) is 0.250. The van der Waals surface area contributed by atoms with Crippen LogP contribution in [0.1, 0.15) is 6.42 Å². The third-order valence-corrected chi connectivity index (χ3v) is 4.36. The number of carboxylic acid groups (broad SMARTS) is 1. The third-order valence-electron chi connectivity index (χ3n) is 2.83. The van der Waals surface area contributed by atoms with Crippen LogP contribution in [0.15, 0.2) is 41.3 Å². The van der Waals surface area contributed by atoms with E-state index in [9.17, 15) is 17.6 Å². The van der Waals surface area contributed by atoms with E-state index >= 15 is 0 Å².